The highest BCUT2D eigenvalue weighted by Gasteiger charge is 2.45. The van der Waals surface area contributed by atoms with E-state index in [1.54, 1.807) is 0 Å². The lowest BCUT2D eigenvalue weighted by atomic mass is 10.1. The van der Waals surface area contributed by atoms with Crippen LogP contribution in [-0.2, 0) is 34.0 Å². The van der Waals surface area contributed by atoms with Crippen LogP contribution in [-0.4, -0.2) is 34.6 Å². The quantitative estimate of drug-likeness (QED) is 0.494. The second-order valence-electron chi connectivity index (χ2n) is 7.59. The summed E-state index contributed by atoms with van der Waals surface area (Å²) >= 11 is 1.47. The zero-order chi connectivity index (χ0) is 21.3. The molecular formula is C26H28O4S. The van der Waals surface area contributed by atoms with E-state index in [2.05, 4.69) is 0 Å². The molecule has 4 rings (SSSR count). The third-order valence-corrected chi connectivity index (χ3v) is 6.55. The van der Waals surface area contributed by atoms with Gasteiger partial charge in [0.15, 0.2) is 0 Å². The standard InChI is InChI=1S/C26H28O4S/c27-26-25(30-18-22-14-8-3-9-15-22)24(29-17-21-12-6-2-7-13-21)23(31-26)19-28-16-20-10-4-1-5-11-20/h1-15,23-27H,16-19H2. The van der Waals surface area contributed by atoms with Crippen molar-refractivity contribution in [3.8, 4) is 0 Å². The van der Waals surface area contributed by atoms with Crippen LogP contribution in [0.3, 0.4) is 0 Å². The van der Waals surface area contributed by atoms with Gasteiger partial charge in [-0.15, -0.1) is 11.8 Å². The Morgan fingerprint density at radius 2 is 1.06 bits per heavy atom. The van der Waals surface area contributed by atoms with Gasteiger partial charge < -0.3 is 19.3 Å². The SMILES string of the molecule is OC1SC(COCc2ccccc2)C(OCc2ccccc2)C1OCc1ccccc1. The molecule has 4 unspecified atom stereocenters. The molecule has 31 heavy (non-hydrogen) atoms. The average Bonchev–Trinajstić information content (AvgIpc) is 3.12. The van der Waals surface area contributed by atoms with E-state index in [4.69, 9.17) is 14.2 Å². The Hall–Kier alpha value is -2.15. The first-order chi connectivity index (χ1) is 15.3. The maximum absolute atomic E-state index is 10.7. The second kappa shape index (κ2) is 11.5. The minimum atomic E-state index is -0.658. The number of benzene rings is 3. The molecule has 3 aromatic rings. The number of hydrogen-bond acceptors (Lipinski definition) is 5. The monoisotopic (exact) mass is 436 g/mol. The summed E-state index contributed by atoms with van der Waals surface area (Å²) in [7, 11) is 0. The van der Waals surface area contributed by atoms with Crippen molar-refractivity contribution in [3.05, 3.63) is 108 Å². The van der Waals surface area contributed by atoms with Gasteiger partial charge >= 0.3 is 0 Å². The summed E-state index contributed by atoms with van der Waals surface area (Å²) in [6, 6.07) is 30.2. The van der Waals surface area contributed by atoms with Crippen LogP contribution in [0.2, 0.25) is 0 Å². The van der Waals surface area contributed by atoms with Crippen molar-refractivity contribution in [1.29, 1.82) is 0 Å². The smallest absolute Gasteiger partial charge is 0.128 e. The van der Waals surface area contributed by atoms with E-state index in [1.807, 2.05) is 91.0 Å². The molecule has 0 spiro atoms. The maximum Gasteiger partial charge on any atom is 0.128 e. The third kappa shape index (κ3) is 6.42. The van der Waals surface area contributed by atoms with Crippen LogP contribution in [0, 0.1) is 0 Å². The summed E-state index contributed by atoms with van der Waals surface area (Å²) in [6.45, 7) is 1.93. The van der Waals surface area contributed by atoms with E-state index in [9.17, 15) is 5.11 Å². The number of aliphatic hydroxyl groups is 1. The summed E-state index contributed by atoms with van der Waals surface area (Å²) < 4.78 is 18.4. The van der Waals surface area contributed by atoms with Gasteiger partial charge in [0.05, 0.1) is 31.7 Å². The van der Waals surface area contributed by atoms with Gasteiger partial charge in [0.1, 0.15) is 17.6 Å². The predicted molar refractivity (Wildman–Crippen MR) is 124 cm³/mol. The van der Waals surface area contributed by atoms with Crippen LogP contribution < -0.4 is 0 Å². The van der Waals surface area contributed by atoms with Gasteiger partial charge in [-0.05, 0) is 16.7 Å². The van der Waals surface area contributed by atoms with Gasteiger partial charge in [-0.3, -0.25) is 0 Å². The maximum atomic E-state index is 10.7. The molecule has 5 heteroatoms. The summed E-state index contributed by atoms with van der Waals surface area (Å²) in [5, 5.41) is 10.7. The summed E-state index contributed by atoms with van der Waals surface area (Å²) in [5.41, 5.74) is 2.64. The molecule has 0 amide bonds. The first-order valence-electron chi connectivity index (χ1n) is 10.6. The Kier molecular flexibility index (Phi) is 8.16. The lowest BCUT2D eigenvalue weighted by Crippen LogP contribution is -2.39. The van der Waals surface area contributed by atoms with E-state index in [-0.39, 0.29) is 11.4 Å². The van der Waals surface area contributed by atoms with Gasteiger partial charge in [0, 0.05) is 0 Å². The van der Waals surface area contributed by atoms with Crippen LogP contribution in [0.25, 0.3) is 0 Å². The van der Waals surface area contributed by atoms with Gasteiger partial charge in [-0.1, -0.05) is 91.0 Å². The molecule has 3 aromatic carbocycles. The molecule has 1 aliphatic heterocycles. The normalized spacial score (nSPS) is 23.1. The van der Waals surface area contributed by atoms with Crippen LogP contribution in [0.1, 0.15) is 16.7 Å². The number of thioether (sulfide) groups is 1. The van der Waals surface area contributed by atoms with Crippen molar-refractivity contribution in [2.45, 2.75) is 42.7 Å². The van der Waals surface area contributed by atoms with Gasteiger partial charge in [-0.2, -0.15) is 0 Å². The Bertz CT molecular complexity index is 891. The minimum Gasteiger partial charge on any atom is -0.380 e. The minimum absolute atomic E-state index is 0.0109. The molecule has 162 valence electrons. The third-order valence-electron chi connectivity index (χ3n) is 5.25. The van der Waals surface area contributed by atoms with Crippen molar-refractivity contribution in [1.82, 2.24) is 0 Å². The Balaban J connectivity index is 1.39. The first kappa shape index (κ1) is 22.1. The molecule has 1 fully saturated rings. The molecule has 0 bridgehead atoms. The Morgan fingerprint density at radius 3 is 1.58 bits per heavy atom. The van der Waals surface area contributed by atoms with Crippen molar-refractivity contribution in [2.75, 3.05) is 6.61 Å². The second-order valence-corrected chi connectivity index (χ2v) is 8.95. The molecule has 0 aromatic heterocycles. The van der Waals surface area contributed by atoms with E-state index < -0.39 is 11.5 Å². The summed E-state index contributed by atoms with van der Waals surface area (Å²) in [4.78, 5) is 0. The zero-order valence-electron chi connectivity index (χ0n) is 17.4. The molecule has 1 saturated heterocycles. The largest absolute Gasteiger partial charge is 0.380 e. The van der Waals surface area contributed by atoms with Crippen LogP contribution in [0.15, 0.2) is 91.0 Å². The predicted octanol–water partition coefficient (Wildman–Crippen LogP) is 4.81. The van der Waals surface area contributed by atoms with E-state index in [0.717, 1.165) is 16.7 Å². The first-order valence-corrected chi connectivity index (χ1v) is 11.5. The number of rotatable bonds is 10. The molecule has 4 nitrogen and oxygen atoms in total. The topological polar surface area (TPSA) is 47.9 Å². The molecule has 0 saturated carbocycles. The summed E-state index contributed by atoms with van der Waals surface area (Å²) in [5.74, 6) is 0. The van der Waals surface area contributed by atoms with Crippen LogP contribution in [0.5, 0.6) is 0 Å². The highest BCUT2D eigenvalue weighted by molar-refractivity contribution is 8.00. The lowest BCUT2D eigenvalue weighted by molar-refractivity contribution is -0.107. The number of ether oxygens (including phenoxy) is 3. The number of hydrogen-bond donors (Lipinski definition) is 1. The Morgan fingerprint density at radius 1 is 0.613 bits per heavy atom. The molecule has 4 atom stereocenters. The van der Waals surface area contributed by atoms with Crippen molar-refractivity contribution < 1.29 is 19.3 Å². The fraction of sp³-hybridized carbons (Fsp3) is 0.308. The fourth-order valence-corrected chi connectivity index (χ4v) is 4.93. The summed E-state index contributed by atoms with van der Waals surface area (Å²) in [6.07, 6.45) is -0.682. The van der Waals surface area contributed by atoms with Crippen LogP contribution in [0.4, 0.5) is 0 Å². The molecule has 1 aliphatic rings. The van der Waals surface area contributed by atoms with Crippen molar-refractivity contribution in [2.24, 2.45) is 0 Å². The highest BCUT2D eigenvalue weighted by Crippen LogP contribution is 2.38. The lowest BCUT2D eigenvalue weighted by Gasteiger charge is -2.25. The molecule has 0 radical (unpaired) electrons. The van der Waals surface area contributed by atoms with E-state index >= 15 is 0 Å². The fourth-order valence-electron chi connectivity index (χ4n) is 3.62. The average molecular weight is 437 g/mol. The molecule has 0 aliphatic carbocycles. The molecule has 1 N–H and O–H groups in total. The van der Waals surface area contributed by atoms with Gasteiger partial charge in [0.25, 0.3) is 0 Å². The van der Waals surface area contributed by atoms with E-state index in [1.165, 1.54) is 11.8 Å². The van der Waals surface area contributed by atoms with Crippen LogP contribution >= 0.6 is 11.8 Å². The van der Waals surface area contributed by atoms with Crippen molar-refractivity contribution in [3.63, 3.8) is 0 Å². The Labute approximate surface area is 188 Å². The zero-order valence-corrected chi connectivity index (χ0v) is 18.2. The molecule has 1 heterocycles. The van der Waals surface area contributed by atoms with Crippen molar-refractivity contribution >= 4 is 11.8 Å². The van der Waals surface area contributed by atoms with E-state index in [0.29, 0.717) is 26.4 Å². The molecular weight excluding hydrogens is 408 g/mol. The number of aliphatic hydroxyl groups excluding tert-OH is 1. The van der Waals surface area contributed by atoms with Gasteiger partial charge in [0.2, 0.25) is 0 Å². The van der Waals surface area contributed by atoms with Gasteiger partial charge in [-0.25, -0.2) is 0 Å². The highest BCUT2D eigenvalue weighted by atomic mass is 32.2.